The zero-order valence-corrected chi connectivity index (χ0v) is 11.3. The maximum atomic E-state index is 5.26. The highest BCUT2D eigenvalue weighted by atomic mass is 79.9. The lowest BCUT2D eigenvalue weighted by Crippen LogP contribution is -2.10. The summed E-state index contributed by atoms with van der Waals surface area (Å²) in [6.07, 6.45) is 2.66. The normalized spacial score (nSPS) is 15.7. The first-order valence-corrected chi connectivity index (χ1v) is 6.51. The Hall–Kier alpha value is -0.190. The Bertz CT molecular complexity index is 354. The number of hydrogen-bond acceptors (Lipinski definition) is 3. The van der Waals surface area contributed by atoms with Crippen LogP contribution in [0.3, 0.4) is 0 Å². The van der Waals surface area contributed by atoms with Crippen molar-refractivity contribution in [1.82, 2.24) is 4.31 Å². The van der Waals surface area contributed by atoms with Gasteiger partial charge in [-0.3, -0.25) is 0 Å². The van der Waals surface area contributed by atoms with Gasteiger partial charge >= 0.3 is 0 Å². The first-order chi connectivity index (χ1) is 7.20. The molecule has 0 saturated heterocycles. The number of ether oxygens (including phenoxy) is 1. The van der Waals surface area contributed by atoms with E-state index in [1.165, 1.54) is 17.7 Å². The molecule has 1 fully saturated rings. The summed E-state index contributed by atoms with van der Waals surface area (Å²) >= 11 is 5.24. The lowest BCUT2D eigenvalue weighted by Gasteiger charge is -2.14. The molecule has 1 aliphatic rings. The van der Waals surface area contributed by atoms with E-state index < -0.39 is 0 Å². The Morgan fingerprint density at radius 1 is 1.47 bits per heavy atom. The average molecular weight is 288 g/mol. The quantitative estimate of drug-likeness (QED) is 0.786. The van der Waals surface area contributed by atoms with Crippen LogP contribution in [0.25, 0.3) is 0 Å². The first kappa shape index (κ1) is 11.3. The summed E-state index contributed by atoms with van der Waals surface area (Å²) in [5, 5.41) is 0. The van der Waals surface area contributed by atoms with Gasteiger partial charge in [0, 0.05) is 10.9 Å². The maximum absolute atomic E-state index is 5.26. The molecular weight excluding hydrogens is 274 g/mol. The van der Waals surface area contributed by atoms with Crippen molar-refractivity contribution in [2.75, 3.05) is 14.2 Å². The number of nitrogens with zero attached hydrogens (tertiary/aromatic N) is 1. The Balaban J connectivity index is 2.07. The summed E-state index contributed by atoms with van der Waals surface area (Å²) in [7, 11) is 3.84. The van der Waals surface area contributed by atoms with Crippen LogP contribution in [0.1, 0.15) is 12.8 Å². The smallest absolute Gasteiger partial charge is 0.134 e. The van der Waals surface area contributed by atoms with E-state index in [0.29, 0.717) is 0 Å². The molecule has 0 aromatic heterocycles. The van der Waals surface area contributed by atoms with Crippen molar-refractivity contribution >= 4 is 27.9 Å². The van der Waals surface area contributed by atoms with E-state index in [4.69, 9.17) is 4.74 Å². The second-order valence-corrected chi connectivity index (χ2v) is 5.75. The molecule has 0 unspecified atom stereocenters. The van der Waals surface area contributed by atoms with Gasteiger partial charge in [-0.15, -0.1) is 0 Å². The van der Waals surface area contributed by atoms with Crippen molar-refractivity contribution in [2.45, 2.75) is 23.8 Å². The van der Waals surface area contributed by atoms with Gasteiger partial charge in [0.05, 0.1) is 11.6 Å². The van der Waals surface area contributed by atoms with Crippen molar-refractivity contribution in [2.24, 2.45) is 0 Å². The Labute approximate surface area is 103 Å². The van der Waals surface area contributed by atoms with Crippen molar-refractivity contribution in [3.8, 4) is 5.75 Å². The summed E-state index contributed by atoms with van der Waals surface area (Å²) < 4.78 is 8.59. The van der Waals surface area contributed by atoms with E-state index in [1.54, 1.807) is 19.1 Å². The molecule has 0 N–H and O–H groups in total. The monoisotopic (exact) mass is 287 g/mol. The van der Waals surface area contributed by atoms with Crippen LogP contribution in [0.2, 0.25) is 0 Å². The molecule has 1 aliphatic carbocycles. The van der Waals surface area contributed by atoms with Crippen molar-refractivity contribution in [3.63, 3.8) is 0 Å². The van der Waals surface area contributed by atoms with Crippen LogP contribution in [0.4, 0.5) is 0 Å². The molecule has 0 spiro atoms. The molecule has 0 radical (unpaired) electrons. The van der Waals surface area contributed by atoms with Crippen molar-refractivity contribution in [1.29, 1.82) is 0 Å². The molecule has 2 rings (SSSR count). The van der Waals surface area contributed by atoms with Crippen LogP contribution in [0.5, 0.6) is 5.75 Å². The largest absolute Gasteiger partial charge is 0.496 e. The van der Waals surface area contributed by atoms with Crippen LogP contribution in [0.15, 0.2) is 27.6 Å². The zero-order chi connectivity index (χ0) is 10.8. The van der Waals surface area contributed by atoms with E-state index >= 15 is 0 Å². The third kappa shape index (κ3) is 2.89. The number of methoxy groups -OCH3 is 1. The highest BCUT2D eigenvalue weighted by Gasteiger charge is 2.26. The van der Waals surface area contributed by atoms with Crippen LogP contribution in [-0.4, -0.2) is 24.5 Å². The Morgan fingerprint density at radius 2 is 2.20 bits per heavy atom. The predicted octanol–water partition coefficient (Wildman–Crippen LogP) is 3.56. The minimum atomic E-state index is 0.768. The average Bonchev–Trinajstić information content (AvgIpc) is 3.04. The Kier molecular flexibility index (Phi) is 3.59. The molecule has 0 aliphatic heterocycles. The number of hydrogen-bond donors (Lipinski definition) is 0. The van der Waals surface area contributed by atoms with Gasteiger partial charge in [-0.2, -0.15) is 0 Å². The number of halogens is 1. The first-order valence-electron chi connectivity index (χ1n) is 4.95. The van der Waals surface area contributed by atoms with Gasteiger partial charge in [0.2, 0.25) is 0 Å². The fourth-order valence-electron chi connectivity index (χ4n) is 1.38. The topological polar surface area (TPSA) is 12.5 Å². The molecule has 1 aromatic rings. The van der Waals surface area contributed by atoms with Gasteiger partial charge in [-0.05, 0) is 66.0 Å². The second-order valence-electron chi connectivity index (χ2n) is 3.66. The molecule has 15 heavy (non-hydrogen) atoms. The molecule has 0 atom stereocenters. The molecular formula is C11H14BrNOS. The molecule has 1 saturated carbocycles. The van der Waals surface area contributed by atoms with E-state index in [0.717, 1.165) is 16.3 Å². The molecule has 82 valence electrons. The summed E-state index contributed by atoms with van der Waals surface area (Å²) in [6, 6.07) is 6.97. The lowest BCUT2D eigenvalue weighted by atomic mass is 10.3. The highest BCUT2D eigenvalue weighted by molar-refractivity contribution is 9.10. The second kappa shape index (κ2) is 4.76. The number of benzene rings is 1. The fraction of sp³-hybridized carbons (Fsp3) is 0.455. The zero-order valence-electron chi connectivity index (χ0n) is 8.87. The minimum Gasteiger partial charge on any atom is -0.496 e. The van der Waals surface area contributed by atoms with E-state index in [1.807, 2.05) is 6.07 Å². The Morgan fingerprint density at radius 3 is 2.80 bits per heavy atom. The van der Waals surface area contributed by atoms with Crippen LogP contribution in [-0.2, 0) is 0 Å². The maximum Gasteiger partial charge on any atom is 0.134 e. The van der Waals surface area contributed by atoms with E-state index in [2.05, 4.69) is 39.4 Å². The third-order valence-corrected chi connectivity index (χ3v) is 4.14. The fourth-order valence-corrected chi connectivity index (χ4v) is 2.77. The van der Waals surface area contributed by atoms with E-state index in [9.17, 15) is 0 Å². The molecule has 1 aromatic carbocycles. The summed E-state index contributed by atoms with van der Waals surface area (Å²) in [5.41, 5.74) is 0. The third-order valence-electron chi connectivity index (χ3n) is 2.43. The van der Waals surface area contributed by atoms with Gasteiger partial charge in [-0.1, -0.05) is 0 Å². The minimum absolute atomic E-state index is 0.768. The van der Waals surface area contributed by atoms with Crippen molar-refractivity contribution in [3.05, 3.63) is 22.7 Å². The van der Waals surface area contributed by atoms with E-state index in [-0.39, 0.29) is 0 Å². The highest BCUT2D eigenvalue weighted by Crippen LogP contribution is 2.36. The van der Waals surface area contributed by atoms with Gasteiger partial charge in [-0.25, -0.2) is 4.31 Å². The lowest BCUT2D eigenvalue weighted by molar-refractivity contribution is 0.411. The molecule has 0 amide bonds. The van der Waals surface area contributed by atoms with Gasteiger partial charge < -0.3 is 4.74 Å². The number of rotatable bonds is 4. The van der Waals surface area contributed by atoms with Gasteiger partial charge in [0.25, 0.3) is 0 Å². The standard InChI is InChI=1S/C11H14BrNOS/c1-13(8-3-4-8)15-9-5-6-10(12)11(7-9)14-2/h5-8H,3-4H2,1-2H3. The molecule has 4 heteroatoms. The summed E-state index contributed by atoms with van der Waals surface area (Å²) in [6.45, 7) is 0. The molecule has 0 heterocycles. The SMILES string of the molecule is COc1cc(SN(C)C2CC2)ccc1Br. The van der Waals surface area contributed by atoms with Crippen LogP contribution < -0.4 is 4.74 Å². The summed E-state index contributed by atoms with van der Waals surface area (Å²) in [4.78, 5) is 1.23. The predicted molar refractivity (Wildman–Crippen MR) is 67.3 cm³/mol. The summed E-state index contributed by atoms with van der Waals surface area (Å²) in [5.74, 6) is 0.893. The van der Waals surface area contributed by atoms with Crippen LogP contribution >= 0.6 is 27.9 Å². The van der Waals surface area contributed by atoms with Crippen LogP contribution in [0, 0.1) is 0 Å². The van der Waals surface area contributed by atoms with Gasteiger partial charge in [0.1, 0.15) is 5.75 Å². The van der Waals surface area contributed by atoms with Gasteiger partial charge in [0.15, 0.2) is 0 Å². The molecule has 2 nitrogen and oxygen atoms in total. The van der Waals surface area contributed by atoms with Crippen molar-refractivity contribution < 1.29 is 4.74 Å². The molecule has 0 bridgehead atoms.